The predicted molar refractivity (Wildman–Crippen MR) is 97.6 cm³/mol. The van der Waals surface area contributed by atoms with Crippen LogP contribution >= 0.6 is 0 Å². The minimum Gasteiger partial charge on any atom is -0.378 e. The smallest absolute Gasteiger partial charge is 0.222 e. The lowest BCUT2D eigenvalue weighted by molar-refractivity contribution is -0.125. The molecule has 7 nitrogen and oxygen atoms in total. The number of hydrogen-bond acceptors (Lipinski definition) is 5. The van der Waals surface area contributed by atoms with Gasteiger partial charge >= 0.3 is 0 Å². The number of carbonyl (C=O) groups excluding carboxylic acids is 1. The minimum absolute atomic E-state index is 0.187. The van der Waals surface area contributed by atoms with Crippen LogP contribution in [-0.4, -0.2) is 55.1 Å². The van der Waals surface area contributed by atoms with Gasteiger partial charge in [0.2, 0.25) is 5.91 Å². The molecular formula is C18H31N5O2. The Morgan fingerprint density at radius 3 is 2.56 bits per heavy atom. The largest absolute Gasteiger partial charge is 0.378 e. The van der Waals surface area contributed by atoms with Gasteiger partial charge in [-0.25, -0.2) is 0 Å². The summed E-state index contributed by atoms with van der Waals surface area (Å²) in [5, 5.41) is 11.1. The Balaban J connectivity index is 1.59. The number of aromatic nitrogens is 2. The molecule has 2 heterocycles. The van der Waals surface area contributed by atoms with Crippen LogP contribution in [-0.2, 0) is 23.1 Å². The van der Waals surface area contributed by atoms with Gasteiger partial charge in [0, 0.05) is 51.3 Å². The molecule has 1 aliphatic heterocycles. The van der Waals surface area contributed by atoms with Gasteiger partial charge in [0.15, 0.2) is 0 Å². The average molecular weight is 349 g/mol. The third-order valence-electron chi connectivity index (χ3n) is 5.54. The molecule has 0 bridgehead atoms. The van der Waals surface area contributed by atoms with Gasteiger partial charge in [0.05, 0.1) is 18.9 Å². The first-order valence-corrected chi connectivity index (χ1v) is 9.40. The molecular weight excluding hydrogens is 318 g/mol. The van der Waals surface area contributed by atoms with Crippen LogP contribution in [0.3, 0.4) is 0 Å². The third-order valence-corrected chi connectivity index (χ3v) is 5.54. The lowest BCUT2D eigenvalue weighted by Gasteiger charge is -2.31. The number of nitrogens with one attached hydrogen (secondary N) is 2. The van der Waals surface area contributed by atoms with Crippen LogP contribution in [0.1, 0.15) is 36.9 Å². The Kier molecular flexibility index (Phi) is 5.96. The van der Waals surface area contributed by atoms with E-state index in [9.17, 15) is 4.79 Å². The molecule has 0 aromatic carbocycles. The van der Waals surface area contributed by atoms with E-state index in [0.29, 0.717) is 6.04 Å². The summed E-state index contributed by atoms with van der Waals surface area (Å²) in [6.45, 7) is 6.32. The SMILES string of the molecule is CNC(=O)C1CCC(NCc2c(C)nn(C)c2N2CCOCC2)CC1. The standard InChI is InChI=1S/C18H31N5O2/c1-13-16(18(22(3)21-13)23-8-10-25-11-9-23)12-20-15-6-4-14(5-7-15)17(24)19-2/h14-15,20H,4-12H2,1-3H3,(H,19,24). The lowest BCUT2D eigenvalue weighted by Crippen LogP contribution is -2.39. The number of aryl methyl sites for hydroxylation is 2. The average Bonchev–Trinajstić information content (AvgIpc) is 2.93. The first kappa shape index (κ1) is 18.2. The summed E-state index contributed by atoms with van der Waals surface area (Å²) >= 11 is 0. The van der Waals surface area contributed by atoms with Crippen molar-refractivity contribution in [2.45, 2.75) is 45.2 Å². The van der Waals surface area contributed by atoms with E-state index in [1.165, 1.54) is 11.4 Å². The normalized spacial score (nSPS) is 24.4. The van der Waals surface area contributed by atoms with Crippen molar-refractivity contribution in [3.63, 3.8) is 0 Å². The zero-order valence-corrected chi connectivity index (χ0v) is 15.7. The van der Waals surface area contributed by atoms with Crippen molar-refractivity contribution in [1.29, 1.82) is 0 Å². The summed E-state index contributed by atoms with van der Waals surface area (Å²) < 4.78 is 7.48. The van der Waals surface area contributed by atoms with Crippen LogP contribution in [0.5, 0.6) is 0 Å². The second kappa shape index (κ2) is 8.19. The van der Waals surface area contributed by atoms with Crippen molar-refractivity contribution in [3.8, 4) is 0 Å². The molecule has 1 saturated heterocycles. The van der Waals surface area contributed by atoms with E-state index in [4.69, 9.17) is 4.74 Å². The molecule has 0 unspecified atom stereocenters. The molecule has 1 amide bonds. The van der Waals surface area contributed by atoms with E-state index in [-0.39, 0.29) is 11.8 Å². The summed E-state index contributed by atoms with van der Waals surface area (Å²) in [6, 6.07) is 0.484. The van der Waals surface area contributed by atoms with Gasteiger partial charge in [-0.3, -0.25) is 9.48 Å². The number of ether oxygens (including phenoxy) is 1. The predicted octanol–water partition coefficient (Wildman–Crippen LogP) is 0.960. The number of amides is 1. The quantitative estimate of drug-likeness (QED) is 0.828. The first-order valence-electron chi connectivity index (χ1n) is 9.40. The highest BCUT2D eigenvalue weighted by atomic mass is 16.5. The summed E-state index contributed by atoms with van der Waals surface area (Å²) in [6.07, 6.45) is 4.06. The molecule has 1 aromatic heterocycles. The molecule has 1 aromatic rings. The van der Waals surface area contributed by atoms with Crippen LogP contribution < -0.4 is 15.5 Å². The number of nitrogens with zero attached hydrogens (tertiary/aromatic N) is 3. The van der Waals surface area contributed by atoms with Crippen molar-refractivity contribution in [3.05, 3.63) is 11.3 Å². The van der Waals surface area contributed by atoms with E-state index < -0.39 is 0 Å². The van der Waals surface area contributed by atoms with Crippen LogP contribution in [0.25, 0.3) is 0 Å². The molecule has 0 atom stereocenters. The molecule has 2 fully saturated rings. The van der Waals surface area contributed by atoms with E-state index in [1.807, 2.05) is 11.7 Å². The Morgan fingerprint density at radius 2 is 1.92 bits per heavy atom. The fourth-order valence-electron chi connectivity index (χ4n) is 4.08. The van der Waals surface area contributed by atoms with Gasteiger partial charge < -0.3 is 20.3 Å². The van der Waals surface area contributed by atoms with Crippen molar-refractivity contribution >= 4 is 11.7 Å². The molecule has 3 rings (SSSR count). The zero-order chi connectivity index (χ0) is 17.8. The maximum Gasteiger partial charge on any atom is 0.222 e. The van der Waals surface area contributed by atoms with Gasteiger partial charge in [-0.05, 0) is 32.6 Å². The molecule has 25 heavy (non-hydrogen) atoms. The zero-order valence-electron chi connectivity index (χ0n) is 15.7. The Labute approximate surface area is 150 Å². The van der Waals surface area contributed by atoms with Gasteiger partial charge in [-0.15, -0.1) is 0 Å². The highest BCUT2D eigenvalue weighted by Crippen LogP contribution is 2.27. The number of hydrogen-bond donors (Lipinski definition) is 2. The minimum atomic E-state index is 0.187. The molecule has 2 N–H and O–H groups in total. The van der Waals surface area contributed by atoms with Crippen molar-refractivity contribution < 1.29 is 9.53 Å². The van der Waals surface area contributed by atoms with Crippen molar-refractivity contribution in [1.82, 2.24) is 20.4 Å². The molecule has 0 spiro atoms. The van der Waals surface area contributed by atoms with Gasteiger partial charge in [-0.1, -0.05) is 0 Å². The van der Waals surface area contributed by atoms with Crippen LogP contribution in [0.2, 0.25) is 0 Å². The van der Waals surface area contributed by atoms with E-state index in [2.05, 4.69) is 27.6 Å². The molecule has 0 radical (unpaired) electrons. The monoisotopic (exact) mass is 349 g/mol. The summed E-state index contributed by atoms with van der Waals surface area (Å²) in [7, 11) is 3.75. The number of carbonyl (C=O) groups is 1. The number of anilines is 1. The molecule has 1 saturated carbocycles. The van der Waals surface area contributed by atoms with Crippen molar-refractivity contribution in [2.24, 2.45) is 13.0 Å². The second-order valence-electron chi connectivity index (χ2n) is 7.15. The maximum absolute atomic E-state index is 11.8. The second-order valence-corrected chi connectivity index (χ2v) is 7.15. The maximum atomic E-state index is 11.8. The number of morpholine rings is 1. The molecule has 140 valence electrons. The topological polar surface area (TPSA) is 71.4 Å². The van der Waals surface area contributed by atoms with Crippen LogP contribution in [0.15, 0.2) is 0 Å². The third kappa shape index (κ3) is 4.15. The highest BCUT2D eigenvalue weighted by molar-refractivity contribution is 5.78. The van der Waals surface area contributed by atoms with Crippen LogP contribution in [0, 0.1) is 12.8 Å². The Morgan fingerprint density at radius 1 is 1.24 bits per heavy atom. The van der Waals surface area contributed by atoms with Gasteiger partial charge in [0.25, 0.3) is 0 Å². The summed E-state index contributed by atoms with van der Waals surface area (Å²) in [5.41, 5.74) is 2.38. The van der Waals surface area contributed by atoms with E-state index in [0.717, 1.165) is 64.2 Å². The lowest BCUT2D eigenvalue weighted by atomic mass is 9.85. The van der Waals surface area contributed by atoms with Crippen molar-refractivity contribution in [2.75, 3.05) is 38.3 Å². The van der Waals surface area contributed by atoms with Gasteiger partial charge in [-0.2, -0.15) is 5.10 Å². The summed E-state index contributed by atoms with van der Waals surface area (Å²) in [4.78, 5) is 14.1. The highest BCUT2D eigenvalue weighted by Gasteiger charge is 2.26. The van der Waals surface area contributed by atoms with Gasteiger partial charge in [0.1, 0.15) is 5.82 Å². The van der Waals surface area contributed by atoms with Crippen LogP contribution in [0.4, 0.5) is 5.82 Å². The Hall–Kier alpha value is -1.60. The van der Waals surface area contributed by atoms with E-state index >= 15 is 0 Å². The molecule has 2 aliphatic rings. The Bertz CT molecular complexity index is 587. The first-order chi connectivity index (χ1) is 12.1. The number of rotatable bonds is 5. The van der Waals surface area contributed by atoms with E-state index in [1.54, 1.807) is 7.05 Å². The fraction of sp³-hybridized carbons (Fsp3) is 0.778. The fourth-order valence-corrected chi connectivity index (χ4v) is 4.08. The molecule has 7 heteroatoms. The summed E-state index contributed by atoms with van der Waals surface area (Å²) in [5.74, 6) is 1.59. The molecule has 1 aliphatic carbocycles.